The van der Waals surface area contributed by atoms with E-state index in [2.05, 4.69) is 4.98 Å². The van der Waals surface area contributed by atoms with E-state index in [0.29, 0.717) is 22.8 Å². The zero-order valence-electron chi connectivity index (χ0n) is 10.5. The molecule has 0 bridgehead atoms. The zero-order valence-corrected chi connectivity index (χ0v) is 11.3. The average molecular weight is 286 g/mol. The first-order valence-electron chi connectivity index (χ1n) is 6.01. The van der Waals surface area contributed by atoms with Gasteiger partial charge in [0.2, 0.25) is 0 Å². The van der Waals surface area contributed by atoms with Gasteiger partial charge in [-0.05, 0) is 48.0 Å². The molecule has 0 aliphatic rings. The Hall–Kier alpha value is -2.46. The number of hydrogen-bond acceptors (Lipinski definition) is 4. The quantitative estimate of drug-likeness (QED) is 0.702. The molecular weight excluding hydrogens is 274 g/mol. The molecule has 5 heteroatoms. The Bertz CT molecular complexity index is 670. The third-order valence-electron chi connectivity index (χ3n) is 2.96. The maximum atomic E-state index is 5.90. The standard InChI is InChI=1S/C15H12ClN3O/c16-15-19-13(9-1-5-11(17)6-2-9)14(20-15)10-3-7-12(18)8-4-10/h1-8H,17-18H2. The molecule has 0 fully saturated rings. The molecule has 1 aromatic heterocycles. The average Bonchev–Trinajstić information content (AvgIpc) is 2.82. The maximum Gasteiger partial charge on any atom is 0.293 e. The normalized spacial score (nSPS) is 10.7. The summed E-state index contributed by atoms with van der Waals surface area (Å²) in [6.07, 6.45) is 0. The minimum atomic E-state index is 0.101. The lowest BCUT2D eigenvalue weighted by Gasteiger charge is -2.02. The fourth-order valence-electron chi connectivity index (χ4n) is 1.96. The lowest BCUT2D eigenvalue weighted by Crippen LogP contribution is -1.87. The van der Waals surface area contributed by atoms with Crippen LogP contribution in [0.3, 0.4) is 0 Å². The molecule has 0 radical (unpaired) electrons. The predicted molar refractivity (Wildman–Crippen MR) is 81.2 cm³/mol. The third-order valence-corrected chi connectivity index (χ3v) is 3.12. The fourth-order valence-corrected chi connectivity index (χ4v) is 2.12. The number of rotatable bonds is 2. The molecule has 0 saturated carbocycles. The summed E-state index contributed by atoms with van der Waals surface area (Å²) >= 11 is 5.90. The first kappa shape index (κ1) is 12.6. The number of nitrogens with two attached hydrogens (primary N) is 2. The highest BCUT2D eigenvalue weighted by Gasteiger charge is 2.15. The van der Waals surface area contributed by atoms with Crippen molar-refractivity contribution in [2.75, 3.05) is 11.5 Å². The molecule has 0 amide bonds. The Kier molecular flexibility index (Phi) is 3.08. The molecule has 0 atom stereocenters. The van der Waals surface area contributed by atoms with Crippen LogP contribution in [-0.2, 0) is 0 Å². The lowest BCUT2D eigenvalue weighted by molar-refractivity contribution is 0.574. The largest absolute Gasteiger partial charge is 0.427 e. The highest BCUT2D eigenvalue weighted by molar-refractivity contribution is 6.28. The van der Waals surface area contributed by atoms with Gasteiger partial charge in [0.05, 0.1) is 0 Å². The van der Waals surface area contributed by atoms with Crippen LogP contribution in [-0.4, -0.2) is 4.98 Å². The van der Waals surface area contributed by atoms with Gasteiger partial charge in [0, 0.05) is 22.5 Å². The number of anilines is 2. The van der Waals surface area contributed by atoms with Gasteiger partial charge < -0.3 is 15.9 Å². The van der Waals surface area contributed by atoms with Gasteiger partial charge in [-0.2, -0.15) is 4.98 Å². The molecule has 3 aromatic rings. The van der Waals surface area contributed by atoms with Gasteiger partial charge in [0.1, 0.15) is 5.69 Å². The van der Waals surface area contributed by atoms with E-state index in [1.165, 1.54) is 0 Å². The molecule has 0 unspecified atom stereocenters. The molecule has 0 aliphatic heterocycles. The summed E-state index contributed by atoms with van der Waals surface area (Å²) in [5.74, 6) is 0.611. The van der Waals surface area contributed by atoms with Crippen molar-refractivity contribution in [2.24, 2.45) is 0 Å². The van der Waals surface area contributed by atoms with E-state index >= 15 is 0 Å². The van der Waals surface area contributed by atoms with Crippen molar-refractivity contribution in [1.82, 2.24) is 4.98 Å². The summed E-state index contributed by atoms with van der Waals surface area (Å²) in [6, 6.07) is 14.7. The molecule has 3 rings (SSSR count). The van der Waals surface area contributed by atoms with Crippen molar-refractivity contribution < 1.29 is 4.42 Å². The van der Waals surface area contributed by atoms with Crippen molar-refractivity contribution in [3.63, 3.8) is 0 Å². The van der Waals surface area contributed by atoms with E-state index < -0.39 is 0 Å². The molecule has 0 aliphatic carbocycles. The summed E-state index contributed by atoms with van der Waals surface area (Å²) < 4.78 is 5.51. The number of hydrogen-bond donors (Lipinski definition) is 2. The van der Waals surface area contributed by atoms with E-state index in [1.807, 2.05) is 36.4 Å². The van der Waals surface area contributed by atoms with Crippen LogP contribution in [0.1, 0.15) is 0 Å². The lowest BCUT2D eigenvalue weighted by atomic mass is 10.1. The van der Waals surface area contributed by atoms with Crippen molar-refractivity contribution in [1.29, 1.82) is 0 Å². The van der Waals surface area contributed by atoms with Gasteiger partial charge in [0.25, 0.3) is 5.35 Å². The molecule has 0 saturated heterocycles. The number of nitrogens with zero attached hydrogens (tertiary/aromatic N) is 1. The second-order valence-corrected chi connectivity index (χ2v) is 4.71. The topological polar surface area (TPSA) is 78.1 Å². The van der Waals surface area contributed by atoms with Crippen LogP contribution in [0.25, 0.3) is 22.6 Å². The number of benzene rings is 2. The Morgan fingerprint density at radius 1 is 0.800 bits per heavy atom. The first-order chi connectivity index (χ1) is 9.63. The fraction of sp³-hybridized carbons (Fsp3) is 0. The van der Waals surface area contributed by atoms with Gasteiger partial charge in [-0.1, -0.05) is 12.1 Å². The highest BCUT2D eigenvalue weighted by atomic mass is 35.5. The Morgan fingerprint density at radius 3 is 1.85 bits per heavy atom. The van der Waals surface area contributed by atoms with Gasteiger partial charge in [-0.15, -0.1) is 0 Å². The summed E-state index contributed by atoms with van der Waals surface area (Å²) in [4.78, 5) is 4.24. The minimum Gasteiger partial charge on any atom is -0.427 e. The number of halogens is 1. The Morgan fingerprint density at radius 2 is 1.30 bits per heavy atom. The second kappa shape index (κ2) is 4.90. The second-order valence-electron chi connectivity index (χ2n) is 4.39. The van der Waals surface area contributed by atoms with Gasteiger partial charge >= 0.3 is 0 Å². The SMILES string of the molecule is Nc1ccc(-c2nc(Cl)oc2-c2ccc(N)cc2)cc1. The van der Waals surface area contributed by atoms with Crippen LogP contribution < -0.4 is 11.5 Å². The van der Waals surface area contributed by atoms with Crippen LogP contribution in [0.4, 0.5) is 11.4 Å². The van der Waals surface area contributed by atoms with E-state index in [0.717, 1.165) is 11.1 Å². The summed E-state index contributed by atoms with van der Waals surface area (Å²) in [5, 5.41) is 0.101. The van der Waals surface area contributed by atoms with E-state index in [9.17, 15) is 0 Å². The predicted octanol–water partition coefficient (Wildman–Crippen LogP) is 3.83. The molecular formula is C15H12ClN3O. The van der Waals surface area contributed by atoms with Crippen LogP contribution in [0.2, 0.25) is 5.35 Å². The Balaban J connectivity index is 2.12. The molecule has 1 heterocycles. The van der Waals surface area contributed by atoms with E-state index in [4.69, 9.17) is 27.5 Å². The number of nitrogen functional groups attached to an aromatic ring is 2. The van der Waals surface area contributed by atoms with Crippen molar-refractivity contribution in [3.8, 4) is 22.6 Å². The van der Waals surface area contributed by atoms with Gasteiger partial charge in [-0.3, -0.25) is 0 Å². The highest BCUT2D eigenvalue weighted by Crippen LogP contribution is 2.34. The first-order valence-corrected chi connectivity index (χ1v) is 6.39. The van der Waals surface area contributed by atoms with Crippen LogP contribution in [0.5, 0.6) is 0 Å². The van der Waals surface area contributed by atoms with Crippen molar-refractivity contribution in [3.05, 3.63) is 53.9 Å². The Labute approximate surface area is 121 Å². The molecule has 2 aromatic carbocycles. The minimum absolute atomic E-state index is 0.101. The molecule has 20 heavy (non-hydrogen) atoms. The van der Waals surface area contributed by atoms with Gasteiger partial charge in [0.15, 0.2) is 5.76 Å². The molecule has 100 valence electrons. The molecule has 0 spiro atoms. The van der Waals surface area contributed by atoms with Crippen molar-refractivity contribution >= 4 is 23.0 Å². The zero-order chi connectivity index (χ0) is 14.1. The van der Waals surface area contributed by atoms with Crippen LogP contribution in [0.15, 0.2) is 52.9 Å². The van der Waals surface area contributed by atoms with Crippen LogP contribution in [0, 0.1) is 0 Å². The van der Waals surface area contributed by atoms with E-state index in [1.54, 1.807) is 12.1 Å². The van der Waals surface area contributed by atoms with Gasteiger partial charge in [-0.25, -0.2) is 0 Å². The summed E-state index contributed by atoms with van der Waals surface area (Å²) in [6.45, 7) is 0. The summed E-state index contributed by atoms with van der Waals surface area (Å²) in [7, 11) is 0. The monoisotopic (exact) mass is 285 g/mol. The molecule has 4 N–H and O–H groups in total. The van der Waals surface area contributed by atoms with Crippen LogP contribution >= 0.6 is 11.6 Å². The summed E-state index contributed by atoms with van der Waals surface area (Å²) in [5.41, 5.74) is 15.2. The molecule has 4 nitrogen and oxygen atoms in total. The number of oxazole rings is 1. The third kappa shape index (κ3) is 2.33. The number of aromatic nitrogens is 1. The van der Waals surface area contributed by atoms with Crippen molar-refractivity contribution in [2.45, 2.75) is 0 Å². The smallest absolute Gasteiger partial charge is 0.293 e. The van der Waals surface area contributed by atoms with E-state index in [-0.39, 0.29) is 5.35 Å². The maximum absolute atomic E-state index is 5.90.